The number of ether oxygens (including phenoxy) is 2. The van der Waals surface area contributed by atoms with Crippen molar-refractivity contribution in [2.45, 2.75) is 6.92 Å². The Morgan fingerprint density at radius 1 is 1.29 bits per heavy atom. The monoisotopic (exact) mass is 194 g/mol. The van der Waals surface area contributed by atoms with E-state index < -0.39 is 0 Å². The van der Waals surface area contributed by atoms with Crippen molar-refractivity contribution >= 4 is 0 Å². The van der Waals surface area contributed by atoms with Gasteiger partial charge in [0.25, 0.3) is 0 Å². The number of rotatable bonds is 1. The minimum absolute atomic E-state index is 0.0720. The highest BCUT2D eigenvalue weighted by atomic mass is 16.5. The van der Waals surface area contributed by atoms with Crippen molar-refractivity contribution in [2.24, 2.45) is 5.92 Å². The minimum atomic E-state index is 0.0720. The van der Waals surface area contributed by atoms with E-state index in [-0.39, 0.29) is 12.5 Å². The van der Waals surface area contributed by atoms with Crippen LogP contribution in [-0.4, -0.2) is 24.9 Å². The molecule has 0 aliphatic carbocycles. The number of fused-ring (bicyclic) bond motifs is 1. The zero-order chi connectivity index (χ0) is 9.97. The number of hydrogen-bond donors (Lipinski definition) is 1. The van der Waals surface area contributed by atoms with Crippen LogP contribution in [0.2, 0.25) is 0 Å². The molecule has 3 heteroatoms. The molecule has 0 aromatic heterocycles. The Kier molecular flexibility index (Phi) is 2.59. The predicted molar refractivity (Wildman–Crippen MR) is 52.7 cm³/mol. The summed E-state index contributed by atoms with van der Waals surface area (Å²) in [6.45, 7) is 3.16. The molecular formula is C11H14O3. The van der Waals surface area contributed by atoms with Crippen molar-refractivity contribution in [3.05, 3.63) is 23.8 Å². The second-order valence-electron chi connectivity index (χ2n) is 3.62. The highest BCUT2D eigenvalue weighted by molar-refractivity contribution is 5.42. The summed E-state index contributed by atoms with van der Waals surface area (Å²) >= 11 is 0. The molecule has 0 bridgehead atoms. The van der Waals surface area contributed by atoms with E-state index in [4.69, 9.17) is 14.6 Å². The zero-order valence-electron chi connectivity index (χ0n) is 8.19. The lowest BCUT2D eigenvalue weighted by Gasteiger charge is -2.08. The standard InChI is InChI=1S/C11H14O3/c1-8-2-3-10-11(4-8)14-7-9(5-12)6-13-10/h2-4,9,12H,5-7H2,1H3. The SMILES string of the molecule is Cc1ccc2c(c1)OCC(CO)CO2. The Morgan fingerprint density at radius 3 is 2.71 bits per heavy atom. The molecular weight excluding hydrogens is 180 g/mol. The molecule has 1 unspecified atom stereocenters. The maximum atomic E-state index is 8.99. The molecule has 1 atom stereocenters. The van der Waals surface area contributed by atoms with Crippen LogP contribution in [0.25, 0.3) is 0 Å². The average molecular weight is 194 g/mol. The Labute approximate surface area is 83.3 Å². The smallest absolute Gasteiger partial charge is 0.161 e. The Bertz CT molecular complexity index is 322. The topological polar surface area (TPSA) is 38.7 Å². The summed E-state index contributed by atoms with van der Waals surface area (Å²) < 4.78 is 11.1. The van der Waals surface area contributed by atoms with Gasteiger partial charge in [-0.05, 0) is 24.6 Å². The fourth-order valence-electron chi connectivity index (χ4n) is 1.42. The lowest BCUT2D eigenvalue weighted by molar-refractivity contribution is 0.137. The van der Waals surface area contributed by atoms with Crippen molar-refractivity contribution < 1.29 is 14.6 Å². The van der Waals surface area contributed by atoms with Crippen molar-refractivity contribution in [1.29, 1.82) is 0 Å². The first kappa shape index (κ1) is 9.34. The predicted octanol–water partition coefficient (Wildman–Crippen LogP) is 1.37. The molecule has 0 amide bonds. The first-order chi connectivity index (χ1) is 6.79. The van der Waals surface area contributed by atoms with Crippen LogP contribution in [0.1, 0.15) is 5.56 Å². The highest BCUT2D eigenvalue weighted by Crippen LogP contribution is 2.30. The molecule has 1 heterocycles. The molecule has 1 aromatic carbocycles. The van der Waals surface area contributed by atoms with Gasteiger partial charge in [0.1, 0.15) is 0 Å². The molecule has 2 rings (SSSR count). The first-order valence-corrected chi connectivity index (χ1v) is 4.76. The van der Waals surface area contributed by atoms with Crippen LogP contribution in [0.3, 0.4) is 0 Å². The van der Waals surface area contributed by atoms with Gasteiger partial charge in [-0.3, -0.25) is 0 Å². The lowest BCUT2D eigenvalue weighted by atomic mass is 10.2. The van der Waals surface area contributed by atoms with E-state index in [9.17, 15) is 0 Å². The minimum Gasteiger partial charge on any atom is -0.489 e. The summed E-state index contributed by atoms with van der Waals surface area (Å²) in [6, 6.07) is 5.85. The van der Waals surface area contributed by atoms with Gasteiger partial charge in [0.2, 0.25) is 0 Å². The maximum absolute atomic E-state index is 8.99. The summed E-state index contributed by atoms with van der Waals surface area (Å²) in [5.41, 5.74) is 1.15. The zero-order valence-corrected chi connectivity index (χ0v) is 8.19. The Balaban J connectivity index is 2.21. The molecule has 0 spiro atoms. The van der Waals surface area contributed by atoms with E-state index in [0.29, 0.717) is 13.2 Å². The quantitative estimate of drug-likeness (QED) is 0.734. The molecule has 0 saturated heterocycles. The highest BCUT2D eigenvalue weighted by Gasteiger charge is 2.17. The average Bonchev–Trinajstić information content (AvgIpc) is 2.39. The van der Waals surface area contributed by atoms with Gasteiger partial charge in [-0.25, -0.2) is 0 Å². The van der Waals surface area contributed by atoms with Gasteiger partial charge in [-0.2, -0.15) is 0 Å². The lowest BCUT2D eigenvalue weighted by Crippen LogP contribution is -2.20. The molecule has 3 nitrogen and oxygen atoms in total. The van der Waals surface area contributed by atoms with Gasteiger partial charge in [0.15, 0.2) is 11.5 Å². The Morgan fingerprint density at radius 2 is 2.00 bits per heavy atom. The second-order valence-corrected chi connectivity index (χ2v) is 3.62. The number of aryl methyl sites for hydroxylation is 1. The van der Waals surface area contributed by atoms with Crippen molar-refractivity contribution in [1.82, 2.24) is 0 Å². The van der Waals surface area contributed by atoms with Crippen LogP contribution >= 0.6 is 0 Å². The molecule has 0 radical (unpaired) electrons. The number of hydrogen-bond acceptors (Lipinski definition) is 3. The molecule has 1 N–H and O–H groups in total. The normalized spacial score (nSPS) is 20.3. The van der Waals surface area contributed by atoms with Gasteiger partial charge < -0.3 is 14.6 Å². The summed E-state index contributed by atoms with van der Waals surface area (Å²) in [4.78, 5) is 0. The number of aliphatic hydroxyl groups excluding tert-OH is 1. The van der Waals surface area contributed by atoms with Crippen LogP contribution < -0.4 is 9.47 Å². The van der Waals surface area contributed by atoms with Crippen LogP contribution in [0, 0.1) is 12.8 Å². The van der Waals surface area contributed by atoms with E-state index in [1.165, 1.54) is 0 Å². The van der Waals surface area contributed by atoms with Crippen LogP contribution in [-0.2, 0) is 0 Å². The second kappa shape index (κ2) is 3.88. The fourth-order valence-corrected chi connectivity index (χ4v) is 1.42. The third-order valence-corrected chi connectivity index (χ3v) is 2.31. The van der Waals surface area contributed by atoms with Gasteiger partial charge >= 0.3 is 0 Å². The summed E-state index contributed by atoms with van der Waals surface area (Å²) in [6.07, 6.45) is 0. The van der Waals surface area contributed by atoms with Gasteiger partial charge in [0, 0.05) is 0 Å². The van der Waals surface area contributed by atoms with Crippen LogP contribution in [0.5, 0.6) is 11.5 Å². The van der Waals surface area contributed by atoms with Crippen molar-refractivity contribution in [3.63, 3.8) is 0 Å². The van der Waals surface area contributed by atoms with Gasteiger partial charge in [0.05, 0.1) is 25.7 Å². The maximum Gasteiger partial charge on any atom is 0.161 e. The number of aliphatic hydroxyl groups is 1. The molecule has 14 heavy (non-hydrogen) atoms. The van der Waals surface area contributed by atoms with E-state index in [2.05, 4.69) is 0 Å². The van der Waals surface area contributed by atoms with E-state index in [0.717, 1.165) is 17.1 Å². The number of benzene rings is 1. The molecule has 0 saturated carbocycles. The fraction of sp³-hybridized carbons (Fsp3) is 0.455. The van der Waals surface area contributed by atoms with Crippen molar-refractivity contribution in [2.75, 3.05) is 19.8 Å². The van der Waals surface area contributed by atoms with Crippen molar-refractivity contribution in [3.8, 4) is 11.5 Å². The van der Waals surface area contributed by atoms with E-state index in [1.807, 2.05) is 25.1 Å². The molecule has 1 aliphatic heterocycles. The molecule has 0 fully saturated rings. The van der Waals surface area contributed by atoms with Crippen LogP contribution in [0.4, 0.5) is 0 Å². The van der Waals surface area contributed by atoms with E-state index >= 15 is 0 Å². The van der Waals surface area contributed by atoms with Crippen LogP contribution in [0.15, 0.2) is 18.2 Å². The van der Waals surface area contributed by atoms with E-state index in [1.54, 1.807) is 0 Å². The van der Waals surface area contributed by atoms with Gasteiger partial charge in [-0.1, -0.05) is 6.07 Å². The largest absolute Gasteiger partial charge is 0.489 e. The molecule has 1 aromatic rings. The summed E-state index contributed by atoms with van der Waals surface area (Å²) in [5, 5.41) is 8.99. The summed E-state index contributed by atoms with van der Waals surface area (Å²) in [5.74, 6) is 1.62. The third-order valence-electron chi connectivity index (χ3n) is 2.31. The van der Waals surface area contributed by atoms with Gasteiger partial charge in [-0.15, -0.1) is 0 Å². The Hall–Kier alpha value is -1.22. The molecule has 1 aliphatic rings. The summed E-state index contributed by atoms with van der Waals surface area (Å²) in [7, 11) is 0. The third kappa shape index (κ3) is 1.82. The first-order valence-electron chi connectivity index (χ1n) is 4.76. The molecule has 76 valence electrons.